The van der Waals surface area contributed by atoms with Gasteiger partial charge in [-0.3, -0.25) is 19.7 Å². The fourth-order valence-corrected chi connectivity index (χ4v) is 1.67. The summed E-state index contributed by atoms with van der Waals surface area (Å²) in [7, 11) is 0. The summed E-state index contributed by atoms with van der Waals surface area (Å²) >= 11 is 0. The van der Waals surface area contributed by atoms with Crippen molar-refractivity contribution in [3.05, 3.63) is 34.2 Å². The SMILES string of the molecule is CCNC(=O)NC(=O)C(C)OC(=O)Cn1cc(C(F)(F)F)ccc1=O. The summed E-state index contributed by atoms with van der Waals surface area (Å²) in [6.07, 6.45) is -5.58. The summed E-state index contributed by atoms with van der Waals surface area (Å²) in [5.41, 5.74) is -1.95. The predicted molar refractivity (Wildman–Crippen MR) is 78.5 cm³/mol. The van der Waals surface area contributed by atoms with Crippen LogP contribution in [0.15, 0.2) is 23.1 Å². The van der Waals surface area contributed by atoms with Crippen molar-refractivity contribution < 1.29 is 32.3 Å². The Morgan fingerprint density at radius 2 is 1.92 bits per heavy atom. The van der Waals surface area contributed by atoms with Gasteiger partial charge in [-0.25, -0.2) is 4.79 Å². The molecule has 0 aliphatic heterocycles. The molecular formula is C14H16F3N3O5. The number of halogens is 3. The average Bonchev–Trinajstić information content (AvgIpc) is 2.48. The molecule has 1 atom stereocenters. The summed E-state index contributed by atoms with van der Waals surface area (Å²) in [5, 5.41) is 4.20. The van der Waals surface area contributed by atoms with Crippen LogP contribution in [0.2, 0.25) is 0 Å². The minimum Gasteiger partial charge on any atom is -0.451 e. The topological polar surface area (TPSA) is 106 Å². The van der Waals surface area contributed by atoms with Crippen LogP contribution < -0.4 is 16.2 Å². The zero-order valence-electron chi connectivity index (χ0n) is 13.3. The smallest absolute Gasteiger partial charge is 0.417 e. The van der Waals surface area contributed by atoms with Gasteiger partial charge < -0.3 is 14.6 Å². The summed E-state index contributed by atoms with van der Waals surface area (Å²) in [6.45, 7) is 2.24. The van der Waals surface area contributed by atoms with Crippen LogP contribution in [-0.2, 0) is 27.0 Å². The number of urea groups is 1. The summed E-state index contributed by atoms with van der Waals surface area (Å²) < 4.78 is 43.1. The lowest BCUT2D eigenvalue weighted by atomic mass is 10.3. The second-order valence-corrected chi connectivity index (χ2v) is 4.86. The van der Waals surface area contributed by atoms with Crippen molar-refractivity contribution in [1.29, 1.82) is 0 Å². The maximum atomic E-state index is 12.6. The van der Waals surface area contributed by atoms with E-state index < -0.39 is 47.9 Å². The zero-order chi connectivity index (χ0) is 19.2. The molecule has 0 bridgehead atoms. The van der Waals surface area contributed by atoms with Crippen molar-refractivity contribution in [3.63, 3.8) is 0 Å². The maximum Gasteiger partial charge on any atom is 0.417 e. The van der Waals surface area contributed by atoms with E-state index in [1.54, 1.807) is 6.92 Å². The van der Waals surface area contributed by atoms with Gasteiger partial charge in [0, 0.05) is 18.8 Å². The summed E-state index contributed by atoms with van der Waals surface area (Å²) in [5.74, 6) is -2.03. The minimum atomic E-state index is -4.68. The van der Waals surface area contributed by atoms with Crippen molar-refractivity contribution in [2.24, 2.45) is 0 Å². The van der Waals surface area contributed by atoms with Gasteiger partial charge in [-0.15, -0.1) is 0 Å². The van der Waals surface area contributed by atoms with Gasteiger partial charge >= 0.3 is 18.2 Å². The minimum absolute atomic E-state index is 0.270. The Bertz CT molecular complexity index is 714. The summed E-state index contributed by atoms with van der Waals surface area (Å²) in [4.78, 5) is 46.0. The number of aromatic nitrogens is 1. The quantitative estimate of drug-likeness (QED) is 0.747. The number of imide groups is 1. The molecule has 0 aromatic carbocycles. The Morgan fingerprint density at radius 3 is 2.48 bits per heavy atom. The van der Waals surface area contributed by atoms with Crippen LogP contribution in [0.25, 0.3) is 0 Å². The standard InChI is InChI=1S/C14H16F3N3O5/c1-3-18-13(24)19-12(23)8(2)25-11(22)7-20-6-9(14(15,16)17)4-5-10(20)21/h4-6,8H,3,7H2,1-2H3,(H2,18,19,23,24). The number of nitrogens with zero attached hydrogens (tertiary/aromatic N) is 1. The van der Waals surface area contributed by atoms with E-state index in [-0.39, 0.29) is 6.54 Å². The van der Waals surface area contributed by atoms with Gasteiger partial charge in [0.15, 0.2) is 6.10 Å². The third-order valence-corrected chi connectivity index (χ3v) is 2.86. The third kappa shape index (κ3) is 6.28. The van der Waals surface area contributed by atoms with Crippen molar-refractivity contribution >= 4 is 17.9 Å². The molecule has 8 nitrogen and oxygen atoms in total. The van der Waals surface area contributed by atoms with Gasteiger partial charge in [-0.05, 0) is 19.9 Å². The van der Waals surface area contributed by atoms with E-state index in [1.165, 1.54) is 6.92 Å². The highest BCUT2D eigenvalue weighted by atomic mass is 19.4. The molecule has 0 aliphatic carbocycles. The molecule has 1 heterocycles. The summed E-state index contributed by atoms with van der Waals surface area (Å²) in [6, 6.07) is 0.470. The first-order valence-corrected chi connectivity index (χ1v) is 7.10. The number of ether oxygens (including phenoxy) is 1. The zero-order valence-corrected chi connectivity index (χ0v) is 13.3. The van der Waals surface area contributed by atoms with Crippen LogP contribution in [-0.4, -0.2) is 35.1 Å². The van der Waals surface area contributed by atoms with Gasteiger partial charge in [0.1, 0.15) is 6.54 Å². The first-order chi connectivity index (χ1) is 11.5. The van der Waals surface area contributed by atoms with Crippen LogP contribution in [0.5, 0.6) is 0 Å². The average molecular weight is 363 g/mol. The number of rotatable bonds is 5. The molecule has 11 heteroatoms. The van der Waals surface area contributed by atoms with Gasteiger partial charge in [-0.2, -0.15) is 13.2 Å². The number of pyridine rings is 1. The molecule has 138 valence electrons. The van der Waals surface area contributed by atoms with Gasteiger partial charge in [-0.1, -0.05) is 0 Å². The Hall–Kier alpha value is -2.85. The van der Waals surface area contributed by atoms with Crippen LogP contribution in [0.4, 0.5) is 18.0 Å². The predicted octanol–water partition coefficient (Wildman–Crippen LogP) is 0.645. The molecule has 1 aromatic rings. The van der Waals surface area contributed by atoms with Gasteiger partial charge in [0.05, 0.1) is 5.56 Å². The van der Waals surface area contributed by atoms with Crippen molar-refractivity contribution in [2.75, 3.05) is 6.54 Å². The molecule has 0 fully saturated rings. The molecule has 1 unspecified atom stereocenters. The number of amides is 3. The van der Waals surface area contributed by atoms with E-state index in [0.29, 0.717) is 22.9 Å². The first-order valence-electron chi connectivity index (χ1n) is 7.10. The lowest BCUT2D eigenvalue weighted by Gasteiger charge is -2.14. The largest absolute Gasteiger partial charge is 0.451 e. The maximum absolute atomic E-state index is 12.6. The highest BCUT2D eigenvalue weighted by Gasteiger charge is 2.31. The number of carbonyl (C=O) groups is 3. The number of carbonyl (C=O) groups excluding carboxylic acids is 3. The molecule has 1 rings (SSSR count). The van der Waals surface area contributed by atoms with Crippen LogP contribution in [0, 0.1) is 0 Å². The molecule has 0 saturated heterocycles. The molecule has 0 saturated carbocycles. The van der Waals surface area contributed by atoms with Crippen LogP contribution >= 0.6 is 0 Å². The van der Waals surface area contributed by atoms with E-state index in [2.05, 4.69) is 5.32 Å². The Labute approximate surface area is 140 Å². The van der Waals surface area contributed by atoms with E-state index >= 15 is 0 Å². The molecular weight excluding hydrogens is 347 g/mol. The molecule has 2 N–H and O–H groups in total. The van der Waals surface area contributed by atoms with E-state index in [9.17, 15) is 32.3 Å². The molecule has 1 aromatic heterocycles. The van der Waals surface area contributed by atoms with Crippen molar-refractivity contribution in [3.8, 4) is 0 Å². The lowest BCUT2D eigenvalue weighted by molar-refractivity contribution is -0.155. The monoisotopic (exact) mass is 363 g/mol. The number of esters is 1. The highest BCUT2D eigenvalue weighted by molar-refractivity contribution is 5.97. The Kier molecular flexibility index (Phi) is 6.71. The van der Waals surface area contributed by atoms with E-state index in [4.69, 9.17) is 4.74 Å². The third-order valence-electron chi connectivity index (χ3n) is 2.86. The number of hydrogen-bond donors (Lipinski definition) is 2. The highest BCUT2D eigenvalue weighted by Crippen LogP contribution is 2.27. The Morgan fingerprint density at radius 1 is 1.28 bits per heavy atom. The molecule has 0 spiro atoms. The lowest BCUT2D eigenvalue weighted by Crippen LogP contribution is -2.45. The molecule has 3 amide bonds. The molecule has 0 radical (unpaired) electrons. The van der Waals surface area contributed by atoms with Crippen molar-refractivity contribution in [2.45, 2.75) is 32.7 Å². The second-order valence-electron chi connectivity index (χ2n) is 4.86. The van der Waals surface area contributed by atoms with Crippen LogP contribution in [0.3, 0.4) is 0 Å². The molecule has 25 heavy (non-hydrogen) atoms. The van der Waals surface area contributed by atoms with E-state index in [0.717, 1.165) is 0 Å². The van der Waals surface area contributed by atoms with Crippen LogP contribution in [0.1, 0.15) is 19.4 Å². The second kappa shape index (κ2) is 8.31. The van der Waals surface area contributed by atoms with Crippen molar-refractivity contribution in [1.82, 2.24) is 15.2 Å². The fourth-order valence-electron chi connectivity index (χ4n) is 1.67. The number of alkyl halides is 3. The number of nitrogens with one attached hydrogen (secondary N) is 2. The van der Waals surface area contributed by atoms with Gasteiger partial charge in [0.25, 0.3) is 11.5 Å². The normalized spacial score (nSPS) is 12.2. The number of hydrogen-bond acceptors (Lipinski definition) is 5. The fraction of sp³-hybridized carbons (Fsp3) is 0.429. The van der Waals surface area contributed by atoms with E-state index in [1.807, 2.05) is 5.32 Å². The van der Waals surface area contributed by atoms with Gasteiger partial charge in [0.2, 0.25) is 0 Å². The first kappa shape index (κ1) is 20.2. The Balaban J connectivity index is 2.72. The molecule has 0 aliphatic rings.